The summed E-state index contributed by atoms with van der Waals surface area (Å²) in [5, 5.41) is 8.60. The summed E-state index contributed by atoms with van der Waals surface area (Å²) < 4.78 is 11.2. The summed E-state index contributed by atoms with van der Waals surface area (Å²) in [6.45, 7) is 2.93. The third-order valence-electron chi connectivity index (χ3n) is 3.34. The number of benzene rings is 2. The number of ether oxygens (including phenoxy) is 2. The van der Waals surface area contributed by atoms with Crippen LogP contribution >= 0.6 is 35.4 Å². The van der Waals surface area contributed by atoms with E-state index >= 15 is 0 Å². The van der Waals surface area contributed by atoms with E-state index in [0.29, 0.717) is 26.7 Å². The van der Waals surface area contributed by atoms with Crippen molar-refractivity contribution in [1.29, 1.82) is 0 Å². The minimum Gasteiger partial charge on any atom is -0.493 e. The lowest BCUT2D eigenvalue weighted by Crippen LogP contribution is -2.31. The molecule has 8 heteroatoms. The molecule has 138 valence electrons. The van der Waals surface area contributed by atoms with E-state index < -0.39 is 0 Å². The number of rotatable bonds is 7. The lowest BCUT2D eigenvalue weighted by Gasteiger charge is -2.13. The second-order valence-electron chi connectivity index (χ2n) is 5.13. The van der Waals surface area contributed by atoms with Crippen LogP contribution in [0.3, 0.4) is 0 Å². The Labute approximate surface area is 168 Å². The molecule has 0 heterocycles. The van der Waals surface area contributed by atoms with Crippen molar-refractivity contribution in [3.63, 3.8) is 0 Å². The van der Waals surface area contributed by atoms with Crippen LogP contribution in [0.15, 0.2) is 41.5 Å². The fourth-order valence-corrected chi connectivity index (χ4v) is 2.77. The highest BCUT2D eigenvalue weighted by Crippen LogP contribution is 2.31. The van der Waals surface area contributed by atoms with Gasteiger partial charge in [-0.1, -0.05) is 29.3 Å². The van der Waals surface area contributed by atoms with Crippen molar-refractivity contribution < 1.29 is 9.47 Å². The van der Waals surface area contributed by atoms with Gasteiger partial charge in [-0.2, -0.15) is 5.10 Å². The van der Waals surface area contributed by atoms with Crippen molar-refractivity contribution in [3.05, 3.63) is 57.6 Å². The maximum atomic E-state index is 6.16. The Hall–Kier alpha value is -2.02. The van der Waals surface area contributed by atoms with E-state index in [2.05, 4.69) is 15.8 Å². The van der Waals surface area contributed by atoms with Crippen LogP contribution in [0.25, 0.3) is 0 Å². The van der Waals surface area contributed by atoms with Crippen LogP contribution in [0.5, 0.6) is 11.5 Å². The largest absolute Gasteiger partial charge is 0.493 e. The average molecular weight is 412 g/mol. The Morgan fingerprint density at radius 3 is 2.58 bits per heavy atom. The molecular formula is C18H19Cl2N3O2S. The molecule has 0 radical (unpaired) electrons. The maximum Gasteiger partial charge on any atom is 0.186 e. The van der Waals surface area contributed by atoms with Gasteiger partial charge in [-0.15, -0.1) is 0 Å². The molecular weight excluding hydrogens is 393 g/mol. The summed E-state index contributed by atoms with van der Waals surface area (Å²) in [7, 11) is 1.57. The van der Waals surface area contributed by atoms with Crippen molar-refractivity contribution in [1.82, 2.24) is 10.7 Å². The Balaban J connectivity index is 2.06. The Bertz CT molecular complexity index is 780. The third kappa shape index (κ3) is 5.76. The topological polar surface area (TPSA) is 54.9 Å². The normalized spacial score (nSPS) is 10.6. The third-order valence-corrected chi connectivity index (χ3v) is 4.28. The summed E-state index contributed by atoms with van der Waals surface area (Å²) >= 11 is 17.4. The van der Waals surface area contributed by atoms with Gasteiger partial charge in [0.05, 0.1) is 13.3 Å². The highest BCUT2D eigenvalue weighted by molar-refractivity contribution is 7.80. The molecule has 5 nitrogen and oxygen atoms in total. The number of hydrazone groups is 1. The molecule has 2 aromatic carbocycles. The first kappa shape index (κ1) is 20.3. The Kier molecular flexibility index (Phi) is 7.97. The number of thiocarbonyl (C=S) groups is 1. The minimum absolute atomic E-state index is 0.237. The van der Waals surface area contributed by atoms with Crippen LogP contribution in [-0.4, -0.2) is 25.0 Å². The molecule has 0 aliphatic rings. The van der Waals surface area contributed by atoms with Crippen molar-refractivity contribution in [2.45, 2.75) is 13.5 Å². The van der Waals surface area contributed by atoms with Crippen LogP contribution in [0.2, 0.25) is 10.0 Å². The fourth-order valence-electron chi connectivity index (χ4n) is 2.07. The van der Waals surface area contributed by atoms with Crippen molar-refractivity contribution in [2.24, 2.45) is 5.10 Å². The van der Waals surface area contributed by atoms with Gasteiger partial charge >= 0.3 is 0 Å². The Morgan fingerprint density at radius 2 is 1.92 bits per heavy atom. The molecule has 0 fully saturated rings. The number of halogens is 2. The number of nitrogens with one attached hydrogen (secondary N) is 2. The van der Waals surface area contributed by atoms with Crippen LogP contribution in [0, 0.1) is 0 Å². The van der Waals surface area contributed by atoms with Crippen LogP contribution in [0.1, 0.15) is 18.1 Å². The summed E-state index contributed by atoms with van der Waals surface area (Å²) in [5.74, 6) is 1.16. The number of hydrogen-bond acceptors (Lipinski definition) is 4. The summed E-state index contributed by atoms with van der Waals surface area (Å²) in [5.41, 5.74) is 4.29. The summed E-state index contributed by atoms with van der Waals surface area (Å²) in [6, 6.07) is 10.8. The van der Waals surface area contributed by atoms with E-state index in [1.165, 1.54) is 0 Å². The molecule has 0 bridgehead atoms. The second kappa shape index (κ2) is 10.2. The van der Waals surface area contributed by atoms with Crippen LogP contribution in [0.4, 0.5) is 0 Å². The van der Waals surface area contributed by atoms with E-state index in [4.69, 9.17) is 44.9 Å². The summed E-state index contributed by atoms with van der Waals surface area (Å²) in [6.07, 6.45) is 1.64. The molecule has 0 atom stereocenters. The molecule has 0 spiro atoms. The first-order chi connectivity index (χ1) is 12.5. The van der Waals surface area contributed by atoms with Gasteiger partial charge in [0.25, 0.3) is 0 Å². The highest BCUT2D eigenvalue weighted by Gasteiger charge is 2.09. The van der Waals surface area contributed by atoms with Crippen molar-refractivity contribution in [3.8, 4) is 11.5 Å². The van der Waals surface area contributed by atoms with Gasteiger partial charge in [0.1, 0.15) is 6.61 Å². The van der Waals surface area contributed by atoms with Gasteiger partial charge in [-0.25, -0.2) is 0 Å². The second-order valence-corrected chi connectivity index (χ2v) is 6.35. The van der Waals surface area contributed by atoms with Crippen molar-refractivity contribution in [2.75, 3.05) is 13.7 Å². The number of hydrogen-bond donors (Lipinski definition) is 2. The quantitative estimate of drug-likeness (QED) is 0.401. The zero-order valence-electron chi connectivity index (χ0n) is 14.4. The molecule has 2 aromatic rings. The molecule has 0 saturated heterocycles. The molecule has 0 aliphatic carbocycles. The molecule has 0 saturated carbocycles. The standard InChI is InChI=1S/C18H19Cl2N3O2S/c1-3-21-18(26)23-22-10-12-7-8-16(17(9-12)24-2)25-11-13-14(19)5-4-6-15(13)20/h4-10H,3,11H2,1-2H3,(H2,21,23,26)/b22-10+. The van der Waals surface area contributed by atoms with Crippen LogP contribution in [-0.2, 0) is 6.61 Å². The molecule has 2 rings (SSSR count). The van der Waals surface area contributed by atoms with Crippen molar-refractivity contribution >= 4 is 46.7 Å². The molecule has 0 aliphatic heterocycles. The zero-order valence-corrected chi connectivity index (χ0v) is 16.7. The van der Waals surface area contributed by atoms with Gasteiger partial charge in [-0.3, -0.25) is 5.43 Å². The van der Waals surface area contributed by atoms with E-state index in [-0.39, 0.29) is 6.61 Å². The maximum absolute atomic E-state index is 6.16. The Morgan fingerprint density at radius 1 is 1.19 bits per heavy atom. The van der Waals surface area contributed by atoms with E-state index in [1.54, 1.807) is 37.6 Å². The zero-order chi connectivity index (χ0) is 18.9. The summed E-state index contributed by atoms with van der Waals surface area (Å²) in [4.78, 5) is 0. The fraction of sp³-hybridized carbons (Fsp3) is 0.222. The molecule has 0 amide bonds. The van der Waals surface area contributed by atoms with Gasteiger partial charge < -0.3 is 14.8 Å². The highest BCUT2D eigenvalue weighted by atomic mass is 35.5. The van der Waals surface area contributed by atoms with Gasteiger partial charge in [0.2, 0.25) is 0 Å². The predicted molar refractivity (Wildman–Crippen MR) is 111 cm³/mol. The minimum atomic E-state index is 0.237. The smallest absolute Gasteiger partial charge is 0.186 e. The van der Waals surface area contributed by atoms with Gasteiger partial charge in [-0.05, 0) is 55.0 Å². The first-order valence-corrected chi connectivity index (χ1v) is 9.02. The van der Waals surface area contributed by atoms with E-state index in [9.17, 15) is 0 Å². The number of nitrogens with zero attached hydrogens (tertiary/aromatic N) is 1. The van der Waals surface area contributed by atoms with E-state index in [1.807, 2.05) is 19.1 Å². The lowest BCUT2D eigenvalue weighted by atomic mass is 10.2. The lowest BCUT2D eigenvalue weighted by molar-refractivity contribution is 0.284. The predicted octanol–water partition coefficient (Wildman–Crippen LogP) is 4.40. The molecule has 0 unspecified atom stereocenters. The SMILES string of the molecule is CCNC(=S)N/N=C/c1ccc(OCc2c(Cl)cccc2Cl)c(OC)c1. The van der Waals surface area contributed by atoms with E-state index in [0.717, 1.165) is 17.7 Å². The van der Waals surface area contributed by atoms with Gasteiger partial charge in [0, 0.05) is 22.2 Å². The number of methoxy groups -OCH3 is 1. The monoisotopic (exact) mass is 411 g/mol. The molecule has 0 aromatic heterocycles. The average Bonchev–Trinajstić information content (AvgIpc) is 2.62. The molecule has 26 heavy (non-hydrogen) atoms. The molecule has 2 N–H and O–H groups in total. The van der Waals surface area contributed by atoms with Gasteiger partial charge in [0.15, 0.2) is 16.6 Å². The first-order valence-electron chi connectivity index (χ1n) is 7.85. The van der Waals surface area contributed by atoms with Crippen LogP contribution < -0.4 is 20.2 Å².